The molecule has 186 valence electrons. The first-order valence-corrected chi connectivity index (χ1v) is 13.5. The van der Waals surface area contributed by atoms with Crippen LogP contribution >= 0.6 is 11.3 Å². The van der Waals surface area contributed by atoms with Gasteiger partial charge in [0.15, 0.2) is 10.9 Å². The summed E-state index contributed by atoms with van der Waals surface area (Å²) in [5, 5.41) is 1.49. The molecule has 1 fully saturated rings. The molecule has 2 heterocycles. The van der Waals surface area contributed by atoms with Crippen molar-refractivity contribution in [3.63, 3.8) is 0 Å². The SMILES string of the molecule is CCOc1cncc(-c2ccc(CC(=O)C(c3csc(NS(=O)(=O)C4CC4)n3)N(C)C)c(F)c2)n1. The molecule has 9 nitrogen and oxygen atoms in total. The lowest BCUT2D eigenvalue weighted by Crippen LogP contribution is -2.29. The molecule has 35 heavy (non-hydrogen) atoms. The van der Waals surface area contributed by atoms with E-state index in [4.69, 9.17) is 4.74 Å². The zero-order chi connectivity index (χ0) is 25.2. The van der Waals surface area contributed by atoms with Crippen LogP contribution in [-0.2, 0) is 21.2 Å². The molecule has 1 atom stereocenters. The Morgan fingerprint density at radius 1 is 1.29 bits per heavy atom. The van der Waals surface area contributed by atoms with Crippen molar-refractivity contribution in [2.45, 2.75) is 37.5 Å². The van der Waals surface area contributed by atoms with E-state index in [1.54, 1.807) is 36.5 Å². The van der Waals surface area contributed by atoms with Gasteiger partial charge in [-0.2, -0.15) is 0 Å². The van der Waals surface area contributed by atoms with Gasteiger partial charge in [-0.1, -0.05) is 12.1 Å². The van der Waals surface area contributed by atoms with Gasteiger partial charge in [0.25, 0.3) is 0 Å². The van der Waals surface area contributed by atoms with Crippen molar-refractivity contribution in [1.82, 2.24) is 19.9 Å². The number of aromatic nitrogens is 3. The second kappa shape index (κ2) is 10.3. The highest BCUT2D eigenvalue weighted by atomic mass is 32.2. The first-order valence-electron chi connectivity index (χ1n) is 11.1. The molecule has 0 aliphatic heterocycles. The quantitative estimate of drug-likeness (QED) is 0.410. The van der Waals surface area contributed by atoms with E-state index in [2.05, 4.69) is 19.7 Å². The van der Waals surface area contributed by atoms with E-state index < -0.39 is 21.9 Å². The van der Waals surface area contributed by atoms with Gasteiger partial charge in [-0.25, -0.2) is 22.8 Å². The predicted octanol–water partition coefficient (Wildman–Crippen LogP) is 3.46. The summed E-state index contributed by atoms with van der Waals surface area (Å²) in [5.41, 5.74) is 1.63. The molecule has 1 saturated carbocycles. The number of thiazole rings is 1. The minimum absolute atomic E-state index is 0.152. The monoisotopic (exact) mass is 519 g/mol. The molecule has 1 N–H and O–H groups in total. The van der Waals surface area contributed by atoms with E-state index in [9.17, 15) is 17.6 Å². The van der Waals surface area contributed by atoms with Gasteiger partial charge in [0, 0.05) is 17.4 Å². The number of ketones is 1. The van der Waals surface area contributed by atoms with Gasteiger partial charge >= 0.3 is 0 Å². The van der Waals surface area contributed by atoms with E-state index in [1.807, 2.05) is 6.92 Å². The van der Waals surface area contributed by atoms with Gasteiger partial charge in [0.1, 0.15) is 11.9 Å². The summed E-state index contributed by atoms with van der Waals surface area (Å²) in [6.07, 6.45) is 4.13. The molecule has 0 saturated heterocycles. The van der Waals surface area contributed by atoms with Crippen molar-refractivity contribution in [3.05, 3.63) is 53.0 Å². The predicted molar refractivity (Wildman–Crippen MR) is 131 cm³/mol. The number of carbonyl (C=O) groups is 1. The maximum absolute atomic E-state index is 14.9. The Morgan fingerprint density at radius 2 is 2.06 bits per heavy atom. The number of halogens is 1. The third-order valence-electron chi connectivity index (χ3n) is 5.43. The molecule has 0 amide bonds. The van der Waals surface area contributed by atoms with Crippen LogP contribution in [0, 0.1) is 5.82 Å². The van der Waals surface area contributed by atoms with Crippen LogP contribution in [0.3, 0.4) is 0 Å². The highest BCUT2D eigenvalue weighted by Crippen LogP contribution is 2.32. The molecule has 2 aromatic heterocycles. The molecule has 1 aromatic carbocycles. The lowest BCUT2D eigenvalue weighted by molar-refractivity contribution is -0.123. The molecule has 4 rings (SSSR count). The first kappa shape index (κ1) is 25.1. The number of Topliss-reactive ketones (excluding diaryl/α,β-unsaturated/α-hetero) is 1. The van der Waals surface area contributed by atoms with Gasteiger partial charge < -0.3 is 4.74 Å². The van der Waals surface area contributed by atoms with Gasteiger partial charge in [0.05, 0.1) is 35.6 Å². The lowest BCUT2D eigenvalue weighted by Gasteiger charge is -2.21. The zero-order valence-corrected chi connectivity index (χ0v) is 21.2. The van der Waals surface area contributed by atoms with Crippen LogP contribution in [0.1, 0.15) is 37.1 Å². The summed E-state index contributed by atoms with van der Waals surface area (Å²) in [6, 6.07) is 3.81. The van der Waals surface area contributed by atoms with Crippen LogP contribution in [0.2, 0.25) is 0 Å². The van der Waals surface area contributed by atoms with Crippen LogP contribution in [-0.4, -0.2) is 60.0 Å². The van der Waals surface area contributed by atoms with Crippen molar-refractivity contribution in [3.8, 4) is 17.1 Å². The van der Waals surface area contributed by atoms with E-state index in [1.165, 1.54) is 18.5 Å². The zero-order valence-electron chi connectivity index (χ0n) is 19.6. The standard InChI is InChI=1S/C23H26FN5O4S2/c1-4-33-21-12-25-11-18(26-21)15-6-5-14(17(24)9-15)10-20(30)22(29(2)3)19-13-34-23(27-19)28-35(31,32)16-7-8-16/h5-6,9,11-13,16,22H,4,7-8,10H2,1-3H3,(H,27,28). The number of carbonyl (C=O) groups excluding carboxylic acids is 1. The summed E-state index contributed by atoms with van der Waals surface area (Å²) in [4.78, 5) is 27.6. The number of ether oxygens (including phenoxy) is 1. The second-order valence-corrected chi connectivity index (χ2v) is 11.2. The number of nitrogens with zero attached hydrogens (tertiary/aromatic N) is 4. The molecule has 1 aliphatic rings. The molecule has 0 bridgehead atoms. The number of sulfonamides is 1. The Hall–Kier alpha value is -2.96. The summed E-state index contributed by atoms with van der Waals surface area (Å²) in [5.74, 6) is -0.449. The molecule has 12 heteroatoms. The summed E-state index contributed by atoms with van der Waals surface area (Å²) in [7, 11) is -0.00459. The van der Waals surface area contributed by atoms with E-state index in [0.29, 0.717) is 42.3 Å². The minimum Gasteiger partial charge on any atom is -0.477 e. The van der Waals surface area contributed by atoms with E-state index in [0.717, 1.165) is 11.3 Å². The van der Waals surface area contributed by atoms with Crippen LogP contribution in [0.15, 0.2) is 36.0 Å². The fraction of sp³-hybridized carbons (Fsp3) is 0.391. The van der Waals surface area contributed by atoms with Gasteiger partial charge in [-0.15, -0.1) is 11.3 Å². The fourth-order valence-electron chi connectivity index (χ4n) is 3.60. The maximum Gasteiger partial charge on any atom is 0.237 e. The Kier molecular flexibility index (Phi) is 7.43. The first-order chi connectivity index (χ1) is 16.7. The number of hydrogen-bond acceptors (Lipinski definition) is 9. The number of likely N-dealkylation sites (N-methyl/N-ethyl adjacent to an activating group) is 1. The molecular formula is C23H26FN5O4S2. The third-order valence-corrected chi connectivity index (χ3v) is 8.17. The third kappa shape index (κ3) is 6.00. The highest BCUT2D eigenvalue weighted by Gasteiger charge is 2.36. The van der Waals surface area contributed by atoms with Crippen molar-refractivity contribution in [2.75, 3.05) is 25.4 Å². The summed E-state index contributed by atoms with van der Waals surface area (Å²) >= 11 is 1.12. The Labute approximate surface area is 207 Å². The topological polar surface area (TPSA) is 114 Å². The average Bonchev–Trinajstić information content (AvgIpc) is 3.58. The van der Waals surface area contributed by atoms with Gasteiger partial charge in [-0.3, -0.25) is 19.4 Å². The molecule has 0 spiro atoms. The van der Waals surface area contributed by atoms with Crippen molar-refractivity contribution < 1.29 is 22.3 Å². The number of anilines is 1. The second-order valence-electron chi connectivity index (χ2n) is 8.41. The lowest BCUT2D eigenvalue weighted by atomic mass is 9.99. The van der Waals surface area contributed by atoms with E-state index in [-0.39, 0.29) is 28.1 Å². The van der Waals surface area contributed by atoms with Crippen LogP contribution in [0.5, 0.6) is 5.88 Å². The average molecular weight is 520 g/mol. The summed E-state index contributed by atoms with van der Waals surface area (Å²) < 4.78 is 47.2. The maximum atomic E-state index is 14.9. The fourth-order valence-corrected chi connectivity index (χ4v) is 5.92. The molecule has 1 aliphatic carbocycles. The molecular weight excluding hydrogens is 493 g/mol. The number of benzene rings is 1. The van der Waals surface area contributed by atoms with Crippen LogP contribution in [0.25, 0.3) is 11.3 Å². The smallest absolute Gasteiger partial charge is 0.237 e. The van der Waals surface area contributed by atoms with E-state index >= 15 is 0 Å². The minimum atomic E-state index is -3.45. The highest BCUT2D eigenvalue weighted by molar-refractivity contribution is 7.93. The normalized spacial score (nSPS) is 14.7. The van der Waals surface area contributed by atoms with Crippen molar-refractivity contribution >= 4 is 32.3 Å². The Balaban J connectivity index is 1.50. The summed E-state index contributed by atoms with van der Waals surface area (Å²) in [6.45, 7) is 2.27. The largest absolute Gasteiger partial charge is 0.477 e. The Morgan fingerprint density at radius 3 is 2.71 bits per heavy atom. The van der Waals surface area contributed by atoms with Crippen molar-refractivity contribution in [1.29, 1.82) is 0 Å². The van der Waals surface area contributed by atoms with Crippen molar-refractivity contribution in [2.24, 2.45) is 0 Å². The number of hydrogen-bond donors (Lipinski definition) is 1. The van der Waals surface area contributed by atoms with Gasteiger partial charge in [0.2, 0.25) is 15.9 Å². The van der Waals surface area contributed by atoms with Gasteiger partial charge in [-0.05, 0) is 45.5 Å². The number of nitrogens with one attached hydrogen (secondary N) is 1. The molecule has 0 radical (unpaired) electrons. The van der Waals surface area contributed by atoms with Crippen LogP contribution < -0.4 is 9.46 Å². The molecule has 3 aromatic rings. The molecule has 1 unspecified atom stereocenters. The van der Waals surface area contributed by atoms with Crippen LogP contribution in [0.4, 0.5) is 9.52 Å². The number of rotatable bonds is 11. The Bertz CT molecular complexity index is 1320.